The van der Waals surface area contributed by atoms with Gasteiger partial charge in [-0.05, 0) is 0 Å². The van der Waals surface area contributed by atoms with Crippen LogP contribution in [0.1, 0.15) is 10.4 Å². The fraction of sp³-hybridized carbons (Fsp3) is 0.167. The van der Waals surface area contributed by atoms with Crippen molar-refractivity contribution in [3.63, 3.8) is 0 Å². The maximum absolute atomic E-state index is 11.1. The van der Waals surface area contributed by atoms with E-state index in [0.717, 1.165) is 0 Å². The predicted octanol–water partition coefficient (Wildman–Crippen LogP) is -0.500. The van der Waals surface area contributed by atoms with E-state index in [-0.39, 0.29) is 0 Å². The van der Waals surface area contributed by atoms with Gasteiger partial charge in [-0.15, -0.1) is 0 Å². The largest absolute Gasteiger partial charge is 0.271 e. The Morgan fingerprint density at radius 1 is 1.50 bits per heavy atom. The Bertz CT molecular complexity index is 301. The van der Waals surface area contributed by atoms with Crippen molar-refractivity contribution in [2.45, 2.75) is 0 Å². The Morgan fingerprint density at radius 3 is 2.58 bits per heavy atom. The van der Waals surface area contributed by atoms with Crippen molar-refractivity contribution in [3.05, 3.63) is 24.3 Å². The van der Waals surface area contributed by atoms with Crippen LogP contribution in [0.2, 0.25) is 0 Å². The molecular weight excluding hydrogens is 178 g/mol. The van der Waals surface area contributed by atoms with E-state index >= 15 is 0 Å². The first-order valence-electron chi connectivity index (χ1n) is 3.09. The van der Waals surface area contributed by atoms with Crippen LogP contribution in [0.15, 0.2) is 18.7 Å². The standard InChI is InChI=1S/C6H7N3O2S/c1-12(11)9-6(10)5-2-7-4-8-3-5/h2-4H,1H3,(H,9,10). The summed E-state index contributed by atoms with van der Waals surface area (Å²) in [6.07, 6.45) is 5.41. The van der Waals surface area contributed by atoms with E-state index in [9.17, 15) is 9.00 Å². The van der Waals surface area contributed by atoms with Crippen molar-refractivity contribution in [3.8, 4) is 0 Å². The summed E-state index contributed by atoms with van der Waals surface area (Å²) in [6.45, 7) is 0. The summed E-state index contributed by atoms with van der Waals surface area (Å²) in [5.41, 5.74) is 0.299. The number of carbonyl (C=O) groups is 1. The van der Waals surface area contributed by atoms with Gasteiger partial charge in [0.2, 0.25) is 0 Å². The van der Waals surface area contributed by atoms with Gasteiger partial charge in [0, 0.05) is 18.6 Å². The fourth-order valence-corrected chi connectivity index (χ4v) is 0.985. The van der Waals surface area contributed by atoms with Gasteiger partial charge in [0.1, 0.15) is 17.3 Å². The molecule has 1 amide bonds. The molecule has 0 aromatic carbocycles. The number of nitrogens with one attached hydrogen (secondary N) is 1. The lowest BCUT2D eigenvalue weighted by Gasteiger charge is -1.98. The van der Waals surface area contributed by atoms with E-state index < -0.39 is 16.9 Å². The molecule has 1 atom stereocenters. The molecule has 1 unspecified atom stereocenters. The van der Waals surface area contributed by atoms with Gasteiger partial charge in [0.15, 0.2) is 0 Å². The van der Waals surface area contributed by atoms with Crippen molar-refractivity contribution >= 4 is 16.9 Å². The third kappa shape index (κ3) is 2.39. The molecule has 0 aliphatic heterocycles. The van der Waals surface area contributed by atoms with Gasteiger partial charge in [-0.25, -0.2) is 14.2 Å². The molecule has 0 saturated heterocycles. The minimum atomic E-state index is -1.35. The van der Waals surface area contributed by atoms with Crippen LogP contribution in [-0.2, 0) is 11.0 Å². The topological polar surface area (TPSA) is 72.0 Å². The average Bonchev–Trinajstić information content (AvgIpc) is 2.05. The maximum Gasteiger partial charge on any atom is 0.266 e. The van der Waals surface area contributed by atoms with Gasteiger partial charge in [-0.2, -0.15) is 0 Å². The quantitative estimate of drug-likeness (QED) is 0.674. The molecule has 12 heavy (non-hydrogen) atoms. The van der Waals surface area contributed by atoms with Crippen molar-refractivity contribution in [1.29, 1.82) is 0 Å². The first-order chi connectivity index (χ1) is 5.70. The highest BCUT2D eigenvalue weighted by Crippen LogP contribution is 1.91. The maximum atomic E-state index is 11.1. The third-order valence-corrected chi connectivity index (χ3v) is 1.53. The Labute approximate surface area is 71.8 Å². The van der Waals surface area contributed by atoms with Gasteiger partial charge < -0.3 is 0 Å². The summed E-state index contributed by atoms with van der Waals surface area (Å²) in [6, 6.07) is 0. The molecule has 0 fully saturated rings. The molecule has 64 valence electrons. The van der Waals surface area contributed by atoms with Gasteiger partial charge in [0.25, 0.3) is 5.91 Å². The van der Waals surface area contributed by atoms with Crippen LogP contribution in [-0.4, -0.2) is 26.3 Å². The van der Waals surface area contributed by atoms with Crippen molar-refractivity contribution in [2.75, 3.05) is 6.26 Å². The molecule has 0 saturated carbocycles. The third-order valence-electron chi connectivity index (χ3n) is 1.06. The van der Waals surface area contributed by atoms with E-state index in [1.807, 2.05) is 0 Å². The van der Waals surface area contributed by atoms with Gasteiger partial charge in [-0.1, -0.05) is 0 Å². The lowest BCUT2D eigenvalue weighted by atomic mass is 10.3. The van der Waals surface area contributed by atoms with Gasteiger partial charge >= 0.3 is 0 Å². The van der Waals surface area contributed by atoms with Crippen LogP contribution < -0.4 is 4.72 Å². The predicted molar refractivity (Wildman–Crippen MR) is 43.6 cm³/mol. The monoisotopic (exact) mass is 185 g/mol. The molecule has 0 bridgehead atoms. The van der Waals surface area contributed by atoms with Crippen LogP contribution in [0.4, 0.5) is 0 Å². The van der Waals surface area contributed by atoms with Crippen LogP contribution in [0, 0.1) is 0 Å². The van der Waals surface area contributed by atoms with Gasteiger partial charge in [-0.3, -0.25) is 9.52 Å². The molecule has 0 spiro atoms. The zero-order valence-corrected chi connectivity index (χ0v) is 7.17. The molecule has 1 rings (SSSR count). The van der Waals surface area contributed by atoms with Crippen molar-refractivity contribution in [1.82, 2.24) is 14.7 Å². The smallest absolute Gasteiger partial charge is 0.266 e. The van der Waals surface area contributed by atoms with E-state index in [1.54, 1.807) is 0 Å². The van der Waals surface area contributed by atoms with E-state index in [1.165, 1.54) is 25.0 Å². The number of rotatable bonds is 2. The summed E-state index contributed by atoms with van der Waals surface area (Å²) in [4.78, 5) is 18.4. The van der Waals surface area contributed by atoms with Crippen LogP contribution in [0.5, 0.6) is 0 Å². The summed E-state index contributed by atoms with van der Waals surface area (Å²) < 4.78 is 12.8. The number of hydrogen-bond donors (Lipinski definition) is 1. The Balaban J connectivity index is 2.73. The SMILES string of the molecule is CS(=O)NC(=O)c1cncnc1. The number of carbonyl (C=O) groups excluding carboxylic acids is 1. The lowest BCUT2D eigenvalue weighted by Crippen LogP contribution is -2.24. The molecule has 0 aliphatic rings. The summed E-state index contributed by atoms with van der Waals surface area (Å²) in [5.74, 6) is -0.434. The number of hydrogen-bond acceptors (Lipinski definition) is 4. The zero-order valence-electron chi connectivity index (χ0n) is 6.35. The van der Waals surface area contributed by atoms with Crippen LogP contribution in [0.25, 0.3) is 0 Å². The zero-order chi connectivity index (χ0) is 8.97. The molecule has 0 aliphatic carbocycles. The Morgan fingerprint density at radius 2 is 2.08 bits per heavy atom. The second-order valence-corrected chi connectivity index (χ2v) is 3.12. The lowest BCUT2D eigenvalue weighted by molar-refractivity contribution is 0.0982. The summed E-state index contributed by atoms with van der Waals surface area (Å²) in [7, 11) is -1.35. The Kier molecular flexibility index (Phi) is 2.87. The molecule has 5 nitrogen and oxygen atoms in total. The molecule has 1 N–H and O–H groups in total. The minimum Gasteiger partial charge on any atom is -0.271 e. The highest BCUT2D eigenvalue weighted by Gasteiger charge is 2.05. The highest BCUT2D eigenvalue weighted by molar-refractivity contribution is 7.82. The summed E-state index contributed by atoms with van der Waals surface area (Å²) >= 11 is 0. The summed E-state index contributed by atoms with van der Waals surface area (Å²) in [5, 5.41) is 0. The molecule has 1 aromatic heterocycles. The average molecular weight is 185 g/mol. The molecule has 6 heteroatoms. The fourth-order valence-electron chi connectivity index (χ4n) is 0.606. The van der Waals surface area contributed by atoms with E-state index in [4.69, 9.17) is 0 Å². The second-order valence-electron chi connectivity index (χ2n) is 2.01. The van der Waals surface area contributed by atoms with E-state index in [2.05, 4.69) is 14.7 Å². The second kappa shape index (κ2) is 3.91. The molecule has 0 radical (unpaired) electrons. The van der Waals surface area contributed by atoms with Crippen molar-refractivity contribution < 1.29 is 9.00 Å². The minimum absolute atomic E-state index is 0.299. The molecular formula is C6H7N3O2S. The molecule has 1 heterocycles. The van der Waals surface area contributed by atoms with Crippen LogP contribution in [0.3, 0.4) is 0 Å². The van der Waals surface area contributed by atoms with Crippen molar-refractivity contribution in [2.24, 2.45) is 0 Å². The number of nitrogens with zero attached hydrogens (tertiary/aromatic N) is 2. The van der Waals surface area contributed by atoms with E-state index in [0.29, 0.717) is 5.56 Å². The number of aromatic nitrogens is 2. The van der Waals surface area contributed by atoms with Gasteiger partial charge in [0.05, 0.1) is 5.56 Å². The first kappa shape index (κ1) is 8.79. The highest BCUT2D eigenvalue weighted by atomic mass is 32.2. The van der Waals surface area contributed by atoms with Crippen LogP contribution >= 0.6 is 0 Å². The Hall–Kier alpha value is -1.30. The first-order valence-corrected chi connectivity index (χ1v) is 4.65. The normalized spacial score (nSPS) is 12.1. The molecule has 1 aromatic rings. The number of amides is 1.